The molecule has 3 atom stereocenters. The Labute approximate surface area is 160 Å². The van der Waals surface area contributed by atoms with Crippen LogP contribution in [0.3, 0.4) is 0 Å². The minimum atomic E-state index is -0.861. The number of hydrogen-bond donors (Lipinski definition) is 1. The summed E-state index contributed by atoms with van der Waals surface area (Å²) in [7, 11) is 0. The number of benzene rings is 1. The molecule has 1 saturated carbocycles. The molecule has 27 heavy (non-hydrogen) atoms. The summed E-state index contributed by atoms with van der Waals surface area (Å²) < 4.78 is 10.5. The van der Waals surface area contributed by atoms with E-state index in [9.17, 15) is 14.4 Å². The highest BCUT2D eigenvalue weighted by molar-refractivity contribution is 5.95. The molecule has 0 unspecified atom stereocenters. The lowest BCUT2D eigenvalue weighted by Crippen LogP contribution is -2.46. The molecule has 2 rings (SSSR count). The molecule has 0 saturated heterocycles. The Hall–Kier alpha value is -2.37. The van der Waals surface area contributed by atoms with Crippen molar-refractivity contribution in [3.8, 4) is 5.75 Å². The molecule has 1 amide bonds. The molecule has 6 heteroatoms. The number of nitrogens with one attached hydrogen (secondary N) is 1. The van der Waals surface area contributed by atoms with Gasteiger partial charge in [0.2, 0.25) is 0 Å². The number of amides is 1. The van der Waals surface area contributed by atoms with Gasteiger partial charge in [0.15, 0.2) is 18.5 Å². The maximum absolute atomic E-state index is 12.2. The van der Waals surface area contributed by atoms with E-state index in [0.29, 0.717) is 23.7 Å². The summed E-state index contributed by atoms with van der Waals surface area (Å²) in [6.45, 7) is 5.20. The molecule has 1 aromatic rings. The van der Waals surface area contributed by atoms with Crippen molar-refractivity contribution in [1.29, 1.82) is 0 Å². The van der Waals surface area contributed by atoms with Crippen LogP contribution in [0.2, 0.25) is 0 Å². The highest BCUT2D eigenvalue weighted by atomic mass is 16.6. The molecule has 0 aliphatic heterocycles. The van der Waals surface area contributed by atoms with E-state index in [-0.39, 0.29) is 24.3 Å². The SMILES string of the molecule is CCC(=O)c1ccc(OCC(=O)O[C@H](C)C(=O)N[C@@H]2CCCC[C@@H]2C)cc1. The van der Waals surface area contributed by atoms with Crippen molar-refractivity contribution in [2.24, 2.45) is 5.92 Å². The van der Waals surface area contributed by atoms with Crippen molar-refractivity contribution in [3.05, 3.63) is 29.8 Å². The summed E-state index contributed by atoms with van der Waals surface area (Å²) in [6.07, 6.45) is 3.96. The standard InChI is InChI=1S/C21H29NO5/c1-4-19(23)16-9-11-17(12-10-16)26-13-20(24)27-15(3)21(25)22-18-8-6-5-7-14(18)2/h9-12,14-15,18H,4-8,13H2,1-3H3,(H,22,25)/t14-,15+,18+/m0/s1. The van der Waals surface area contributed by atoms with Crippen LogP contribution in [-0.2, 0) is 14.3 Å². The second-order valence-electron chi connectivity index (χ2n) is 7.10. The molecule has 1 aromatic carbocycles. The maximum atomic E-state index is 12.2. The number of rotatable bonds is 8. The number of ether oxygens (including phenoxy) is 2. The van der Waals surface area contributed by atoms with Crippen LogP contribution in [0.1, 0.15) is 63.2 Å². The first-order valence-corrected chi connectivity index (χ1v) is 9.66. The lowest BCUT2D eigenvalue weighted by molar-refractivity contribution is -0.157. The van der Waals surface area contributed by atoms with Gasteiger partial charge in [-0.15, -0.1) is 0 Å². The molecule has 6 nitrogen and oxygen atoms in total. The molecular formula is C21H29NO5. The van der Waals surface area contributed by atoms with Gasteiger partial charge in [0.1, 0.15) is 5.75 Å². The number of esters is 1. The molecule has 0 bridgehead atoms. The third kappa shape index (κ3) is 6.38. The topological polar surface area (TPSA) is 81.7 Å². The predicted octanol–water partition coefficient (Wildman–Crippen LogP) is 3.28. The number of hydrogen-bond acceptors (Lipinski definition) is 5. The van der Waals surface area contributed by atoms with Crippen molar-refractivity contribution >= 4 is 17.7 Å². The van der Waals surface area contributed by atoms with Gasteiger partial charge < -0.3 is 14.8 Å². The van der Waals surface area contributed by atoms with E-state index in [1.54, 1.807) is 38.1 Å². The van der Waals surface area contributed by atoms with E-state index in [0.717, 1.165) is 19.3 Å². The molecule has 1 N–H and O–H groups in total. The monoisotopic (exact) mass is 375 g/mol. The largest absolute Gasteiger partial charge is 0.482 e. The molecule has 1 aliphatic carbocycles. The summed E-state index contributed by atoms with van der Waals surface area (Å²) in [5.74, 6) is 0.0740. The van der Waals surface area contributed by atoms with Crippen molar-refractivity contribution in [3.63, 3.8) is 0 Å². The Kier molecular flexibility index (Phi) is 7.82. The van der Waals surface area contributed by atoms with Crippen molar-refractivity contribution in [2.45, 2.75) is 65.0 Å². The van der Waals surface area contributed by atoms with Gasteiger partial charge in [-0.3, -0.25) is 9.59 Å². The third-order valence-corrected chi connectivity index (χ3v) is 4.97. The first-order chi connectivity index (χ1) is 12.9. The number of ketones is 1. The minimum Gasteiger partial charge on any atom is -0.482 e. The van der Waals surface area contributed by atoms with Crippen LogP contribution >= 0.6 is 0 Å². The van der Waals surface area contributed by atoms with Crippen molar-refractivity contribution < 1.29 is 23.9 Å². The van der Waals surface area contributed by atoms with Gasteiger partial charge >= 0.3 is 5.97 Å². The number of carbonyl (C=O) groups excluding carboxylic acids is 3. The Morgan fingerprint density at radius 3 is 2.44 bits per heavy atom. The second-order valence-corrected chi connectivity index (χ2v) is 7.10. The zero-order chi connectivity index (χ0) is 19.8. The summed E-state index contributed by atoms with van der Waals surface area (Å²) >= 11 is 0. The minimum absolute atomic E-state index is 0.0491. The Morgan fingerprint density at radius 2 is 1.81 bits per heavy atom. The van der Waals surface area contributed by atoms with Crippen LogP contribution in [0.25, 0.3) is 0 Å². The zero-order valence-corrected chi connectivity index (χ0v) is 16.3. The van der Waals surface area contributed by atoms with Crippen LogP contribution in [0.5, 0.6) is 5.75 Å². The Balaban J connectivity index is 1.75. The smallest absolute Gasteiger partial charge is 0.344 e. The van der Waals surface area contributed by atoms with Crippen LogP contribution < -0.4 is 10.1 Å². The van der Waals surface area contributed by atoms with Gasteiger partial charge in [-0.25, -0.2) is 4.79 Å². The van der Waals surface area contributed by atoms with Crippen LogP contribution in [0, 0.1) is 5.92 Å². The van der Waals surface area contributed by atoms with E-state index in [2.05, 4.69) is 12.2 Å². The van der Waals surface area contributed by atoms with Crippen LogP contribution in [0.15, 0.2) is 24.3 Å². The summed E-state index contributed by atoms with van der Waals surface area (Å²) in [4.78, 5) is 35.7. The van der Waals surface area contributed by atoms with Crippen LogP contribution in [-0.4, -0.2) is 36.4 Å². The van der Waals surface area contributed by atoms with Gasteiger partial charge in [-0.2, -0.15) is 0 Å². The normalized spacial score (nSPS) is 20.4. The van der Waals surface area contributed by atoms with Crippen molar-refractivity contribution in [2.75, 3.05) is 6.61 Å². The summed E-state index contributed by atoms with van der Waals surface area (Å²) in [6, 6.07) is 6.74. The molecule has 0 radical (unpaired) electrons. The molecule has 0 aromatic heterocycles. The quantitative estimate of drug-likeness (QED) is 0.557. The summed E-state index contributed by atoms with van der Waals surface area (Å²) in [5.41, 5.74) is 0.606. The first kappa shape index (κ1) is 20.9. The highest BCUT2D eigenvalue weighted by Gasteiger charge is 2.26. The Bertz CT molecular complexity index is 655. The molecule has 148 valence electrons. The van der Waals surface area contributed by atoms with Gasteiger partial charge in [0.05, 0.1) is 0 Å². The fourth-order valence-electron chi connectivity index (χ4n) is 3.20. The van der Waals surface area contributed by atoms with Gasteiger partial charge in [0.25, 0.3) is 5.91 Å². The lowest BCUT2D eigenvalue weighted by atomic mass is 9.86. The van der Waals surface area contributed by atoms with Crippen molar-refractivity contribution in [1.82, 2.24) is 5.32 Å². The maximum Gasteiger partial charge on any atom is 0.344 e. The lowest BCUT2D eigenvalue weighted by Gasteiger charge is -2.30. The number of Topliss-reactive ketones (excluding diaryl/α,β-unsaturated/α-hetero) is 1. The van der Waals surface area contributed by atoms with E-state index in [1.165, 1.54) is 6.42 Å². The van der Waals surface area contributed by atoms with Gasteiger partial charge in [0, 0.05) is 18.0 Å². The molecule has 1 aliphatic rings. The van der Waals surface area contributed by atoms with E-state index < -0.39 is 12.1 Å². The van der Waals surface area contributed by atoms with E-state index >= 15 is 0 Å². The van der Waals surface area contributed by atoms with E-state index in [1.807, 2.05) is 0 Å². The molecule has 0 spiro atoms. The first-order valence-electron chi connectivity index (χ1n) is 9.66. The fraction of sp³-hybridized carbons (Fsp3) is 0.571. The van der Waals surface area contributed by atoms with Gasteiger partial charge in [-0.1, -0.05) is 26.7 Å². The van der Waals surface area contributed by atoms with Crippen LogP contribution in [0.4, 0.5) is 0 Å². The predicted molar refractivity (Wildman–Crippen MR) is 102 cm³/mol. The third-order valence-electron chi connectivity index (χ3n) is 4.97. The number of carbonyl (C=O) groups is 3. The average molecular weight is 375 g/mol. The second kappa shape index (κ2) is 10.1. The average Bonchev–Trinajstić information content (AvgIpc) is 2.67. The molecule has 0 heterocycles. The Morgan fingerprint density at radius 1 is 1.15 bits per heavy atom. The molecule has 1 fully saturated rings. The fourth-order valence-corrected chi connectivity index (χ4v) is 3.20. The zero-order valence-electron chi connectivity index (χ0n) is 16.3. The van der Waals surface area contributed by atoms with E-state index in [4.69, 9.17) is 9.47 Å². The molecular weight excluding hydrogens is 346 g/mol. The summed E-state index contributed by atoms with van der Waals surface area (Å²) in [5, 5.41) is 2.98. The van der Waals surface area contributed by atoms with Gasteiger partial charge in [-0.05, 0) is 49.9 Å². The highest BCUT2D eigenvalue weighted by Crippen LogP contribution is 2.23.